The van der Waals surface area contributed by atoms with Gasteiger partial charge in [0, 0.05) is 70.0 Å². The van der Waals surface area contributed by atoms with Crippen molar-refractivity contribution in [1.29, 1.82) is 0 Å². The zero-order valence-corrected chi connectivity index (χ0v) is 19.6. The number of unbranched alkanes of at least 4 members (excludes halogenated alkanes) is 1. The average Bonchev–Trinajstić information content (AvgIpc) is 2.81. The van der Waals surface area contributed by atoms with Crippen molar-refractivity contribution < 1.29 is 22.9 Å². The maximum atomic E-state index is 13.2. The molecule has 0 aromatic heterocycles. The number of carbonyl (C=O) groups is 1. The first-order valence-electron chi connectivity index (χ1n) is 12.0. The van der Waals surface area contributed by atoms with E-state index in [0.29, 0.717) is 32.4 Å². The van der Waals surface area contributed by atoms with Crippen LogP contribution in [0.2, 0.25) is 0 Å². The van der Waals surface area contributed by atoms with Crippen LogP contribution in [0.1, 0.15) is 52.0 Å². The van der Waals surface area contributed by atoms with Crippen molar-refractivity contribution in [3.05, 3.63) is 33.9 Å². The Balaban J connectivity index is 0.00000432. The van der Waals surface area contributed by atoms with Gasteiger partial charge in [-0.3, -0.25) is 14.9 Å². The van der Waals surface area contributed by atoms with Crippen LogP contribution < -0.4 is 5.32 Å². The predicted molar refractivity (Wildman–Crippen MR) is 130 cm³/mol. The molecule has 0 bridgehead atoms. The Kier molecular flexibility index (Phi) is 10.8. The summed E-state index contributed by atoms with van der Waals surface area (Å²) in [5, 5.41) is 14.0. The zero-order chi connectivity index (χ0) is 24.7. The summed E-state index contributed by atoms with van der Waals surface area (Å²) in [5.74, 6) is 0.113. The minimum Gasteiger partial charge on any atom is -0.382 e. The SMILES string of the molecule is C.CCCCN1CCN(CCC(=O)N2CCC(Nc3ccc([N+](=O)[O-])c(C(F)(F)F)c3)CC2)CC1. The fourth-order valence-corrected chi connectivity index (χ4v) is 4.55. The highest BCUT2D eigenvalue weighted by Gasteiger charge is 2.38. The van der Waals surface area contributed by atoms with Crippen molar-refractivity contribution in [2.24, 2.45) is 0 Å². The molecule has 0 atom stereocenters. The van der Waals surface area contributed by atoms with Gasteiger partial charge in [0.1, 0.15) is 5.56 Å². The second kappa shape index (κ2) is 13.1. The number of carbonyl (C=O) groups excluding carboxylic acids is 1. The number of benzene rings is 1. The molecule has 0 aliphatic carbocycles. The number of nitro groups is 1. The quantitative estimate of drug-likeness (QED) is 0.398. The van der Waals surface area contributed by atoms with Crippen molar-refractivity contribution in [2.75, 3.05) is 57.7 Å². The third-order valence-corrected chi connectivity index (χ3v) is 6.65. The van der Waals surface area contributed by atoms with Crippen LogP contribution in [0.15, 0.2) is 18.2 Å². The second-order valence-electron chi connectivity index (χ2n) is 9.07. The third-order valence-electron chi connectivity index (χ3n) is 6.65. The Morgan fingerprint density at radius 1 is 1.09 bits per heavy atom. The molecule has 1 N–H and O–H groups in total. The summed E-state index contributed by atoms with van der Waals surface area (Å²) < 4.78 is 39.6. The number of nitro benzene ring substituents is 1. The summed E-state index contributed by atoms with van der Waals surface area (Å²) in [4.78, 5) is 29.2. The fourth-order valence-electron chi connectivity index (χ4n) is 4.55. The smallest absolute Gasteiger partial charge is 0.382 e. The van der Waals surface area contributed by atoms with Gasteiger partial charge in [-0.15, -0.1) is 0 Å². The lowest BCUT2D eigenvalue weighted by Crippen LogP contribution is -2.48. The van der Waals surface area contributed by atoms with Gasteiger partial charge in [-0.2, -0.15) is 13.2 Å². The van der Waals surface area contributed by atoms with Crippen LogP contribution in [0.3, 0.4) is 0 Å². The van der Waals surface area contributed by atoms with Crippen molar-refractivity contribution in [3.63, 3.8) is 0 Å². The normalized spacial score (nSPS) is 18.2. The van der Waals surface area contributed by atoms with Gasteiger partial charge < -0.3 is 20.0 Å². The molecule has 2 aliphatic heterocycles. The number of hydrogen-bond donors (Lipinski definition) is 1. The molecule has 35 heavy (non-hydrogen) atoms. The lowest BCUT2D eigenvalue weighted by Gasteiger charge is -2.36. The van der Waals surface area contributed by atoms with Crippen LogP contribution in [0.5, 0.6) is 0 Å². The molecule has 0 saturated carbocycles. The van der Waals surface area contributed by atoms with Crippen LogP contribution >= 0.6 is 0 Å². The summed E-state index contributed by atoms with van der Waals surface area (Å²) in [5.41, 5.74) is -2.03. The molecule has 2 aliphatic rings. The van der Waals surface area contributed by atoms with Gasteiger partial charge in [0.05, 0.1) is 4.92 Å². The van der Waals surface area contributed by atoms with Gasteiger partial charge >= 0.3 is 6.18 Å². The first-order valence-corrected chi connectivity index (χ1v) is 12.0. The van der Waals surface area contributed by atoms with Crippen molar-refractivity contribution in [3.8, 4) is 0 Å². The van der Waals surface area contributed by atoms with Crippen LogP contribution in [0, 0.1) is 10.1 Å². The maximum absolute atomic E-state index is 13.2. The Morgan fingerprint density at radius 2 is 1.69 bits per heavy atom. The van der Waals surface area contributed by atoms with E-state index < -0.39 is 22.4 Å². The number of piperazine rings is 1. The molecule has 8 nitrogen and oxygen atoms in total. The number of amides is 1. The molecule has 1 aromatic carbocycles. The van der Waals surface area contributed by atoms with Gasteiger partial charge in [-0.1, -0.05) is 20.8 Å². The molecule has 2 saturated heterocycles. The molecule has 0 spiro atoms. The summed E-state index contributed by atoms with van der Waals surface area (Å²) in [6, 6.07) is 2.88. The largest absolute Gasteiger partial charge is 0.423 e. The number of hydrogen-bond acceptors (Lipinski definition) is 6. The Bertz CT molecular complexity index is 836. The molecule has 1 amide bonds. The van der Waals surface area contributed by atoms with E-state index in [9.17, 15) is 28.1 Å². The number of nitrogens with zero attached hydrogens (tertiary/aromatic N) is 4. The van der Waals surface area contributed by atoms with Crippen molar-refractivity contribution in [2.45, 2.75) is 58.7 Å². The van der Waals surface area contributed by atoms with E-state index in [1.165, 1.54) is 18.9 Å². The van der Waals surface area contributed by atoms with E-state index in [-0.39, 0.29) is 25.1 Å². The highest BCUT2D eigenvalue weighted by atomic mass is 19.4. The molecule has 2 heterocycles. The summed E-state index contributed by atoms with van der Waals surface area (Å²) in [7, 11) is 0. The van der Waals surface area contributed by atoms with Gasteiger partial charge in [0.25, 0.3) is 5.69 Å². The number of piperidine rings is 1. The molecule has 1 aromatic rings. The molecule has 2 fully saturated rings. The molecule has 0 unspecified atom stereocenters. The Morgan fingerprint density at radius 3 is 2.23 bits per heavy atom. The lowest BCUT2D eigenvalue weighted by molar-refractivity contribution is -0.388. The lowest BCUT2D eigenvalue weighted by atomic mass is 10.0. The number of anilines is 1. The van der Waals surface area contributed by atoms with Crippen LogP contribution in [0.4, 0.5) is 24.5 Å². The molecular formula is C24H38F3N5O3. The first-order chi connectivity index (χ1) is 16.2. The number of rotatable bonds is 9. The van der Waals surface area contributed by atoms with Crippen molar-refractivity contribution in [1.82, 2.24) is 14.7 Å². The Hall–Kier alpha value is -2.40. The molecule has 3 rings (SSSR count). The minimum absolute atomic E-state index is 0. The minimum atomic E-state index is -4.81. The topological polar surface area (TPSA) is 82.0 Å². The molecular weight excluding hydrogens is 463 g/mol. The van der Waals surface area contributed by atoms with E-state index in [0.717, 1.165) is 51.4 Å². The van der Waals surface area contributed by atoms with E-state index in [2.05, 4.69) is 22.0 Å². The van der Waals surface area contributed by atoms with Gasteiger partial charge in [-0.25, -0.2) is 0 Å². The summed E-state index contributed by atoms with van der Waals surface area (Å²) in [6.45, 7) is 9.23. The van der Waals surface area contributed by atoms with Crippen LogP contribution in [-0.4, -0.2) is 83.9 Å². The summed E-state index contributed by atoms with van der Waals surface area (Å²) in [6.07, 6.45) is -0.691. The highest BCUT2D eigenvalue weighted by molar-refractivity contribution is 5.76. The van der Waals surface area contributed by atoms with E-state index in [1.807, 2.05) is 4.90 Å². The molecule has 0 radical (unpaired) electrons. The number of nitrogens with one attached hydrogen (secondary N) is 1. The van der Waals surface area contributed by atoms with Gasteiger partial charge in [0.2, 0.25) is 5.91 Å². The average molecular weight is 502 g/mol. The van der Waals surface area contributed by atoms with E-state index in [1.54, 1.807) is 0 Å². The monoisotopic (exact) mass is 501 g/mol. The first kappa shape index (κ1) is 28.8. The maximum Gasteiger partial charge on any atom is 0.423 e. The standard InChI is InChI=1S/C23H34F3N5O3.CH4/c1-2-3-9-28-13-15-29(16-14-28)10-8-22(32)30-11-6-18(7-12-30)27-19-4-5-21(31(33)34)20(17-19)23(24,25)26;/h4-5,17-18,27H,2-3,6-16H2,1H3;1H4. The summed E-state index contributed by atoms with van der Waals surface area (Å²) >= 11 is 0. The number of halogens is 3. The third kappa shape index (κ3) is 8.34. The van der Waals surface area contributed by atoms with Gasteiger partial charge in [-0.05, 0) is 37.9 Å². The van der Waals surface area contributed by atoms with E-state index >= 15 is 0 Å². The van der Waals surface area contributed by atoms with Crippen molar-refractivity contribution >= 4 is 17.3 Å². The van der Waals surface area contributed by atoms with Crippen LogP contribution in [-0.2, 0) is 11.0 Å². The fraction of sp³-hybridized carbons (Fsp3) is 0.708. The highest BCUT2D eigenvalue weighted by Crippen LogP contribution is 2.37. The molecule has 198 valence electrons. The Labute approximate surface area is 205 Å². The molecule has 11 heteroatoms. The number of alkyl halides is 3. The van der Waals surface area contributed by atoms with Gasteiger partial charge in [0.15, 0.2) is 0 Å². The number of likely N-dealkylation sites (tertiary alicyclic amines) is 1. The second-order valence-corrected chi connectivity index (χ2v) is 9.07. The van der Waals surface area contributed by atoms with E-state index in [4.69, 9.17) is 0 Å². The van der Waals surface area contributed by atoms with Crippen LogP contribution in [0.25, 0.3) is 0 Å². The zero-order valence-electron chi connectivity index (χ0n) is 19.6. The predicted octanol–water partition coefficient (Wildman–Crippen LogP) is 4.46.